The lowest BCUT2D eigenvalue weighted by Crippen LogP contribution is -2.57. The molecule has 0 saturated heterocycles. The van der Waals surface area contributed by atoms with E-state index in [9.17, 15) is 9.59 Å². The molecule has 2 aliphatic rings. The van der Waals surface area contributed by atoms with Gasteiger partial charge in [-0.2, -0.15) is 14.3 Å². The van der Waals surface area contributed by atoms with Crippen molar-refractivity contribution in [1.82, 2.24) is 4.90 Å². The van der Waals surface area contributed by atoms with E-state index in [1.165, 1.54) is 4.90 Å². The predicted molar refractivity (Wildman–Crippen MR) is 119 cm³/mol. The molecule has 0 spiro atoms. The third-order valence-electron chi connectivity index (χ3n) is 5.65. The quantitative estimate of drug-likeness (QED) is 0.548. The summed E-state index contributed by atoms with van der Waals surface area (Å²) < 4.78 is 12.8. The van der Waals surface area contributed by atoms with E-state index in [1.54, 1.807) is 36.0 Å². The van der Waals surface area contributed by atoms with E-state index in [4.69, 9.17) is 21.1 Å². The van der Waals surface area contributed by atoms with Crippen molar-refractivity contribution in [2.75, 3.05) is 7.11 Å². The van der Waals surface area contributed by atoms with Gasteiger partial charge in [0.15, 0.2) is 5.71 Å². The second kappa shape index (κ2) is 8.13. The van der Waals surface area contributed by atoms with Gasteiger partial charge >= 0.3 is 11.9 Å². The van der Waals surface area contributed by atoms with Crippen molar-refractivity contribution in [3.05, 3.63) is 94.5 Å². The van der Waals surface area contributed by atoms with Crippen LogP contribution in [0.5, 0.6) is 11.5 Å². The molecule has 0 aromatic heterocycles. The molecule has 7 heteroatoms. The maximum Gasteiger partial charge on any atom is 0.501 e. The molecule has 2 aliphatic heterocycles. The zero-order valence-corrected chi connectivity index (χ0v) is 18.1. The monoisotopic (exact) mass is 447 g/mol. The number of hydrogen-bond acceptors (Lipinski definition) is 4. The zero-order valence-electron chi connectivity index (χ0n) is 17.3. The molecule has 1 atom stereocenters. The number of carbonyl (C=O) groups is 2. The van der Waals surface area contributed by atoms with Crippen molar-refractivity contribution < 1.29 is 23.6 Å². The van der Waals surface area contributed by atoms with E-state index < -0.39 is 6.10 Å². The third-order valence-corrected chi connectivity index (χ3v) is 5.90. The normalized spacial score (nSPS) is 17.2. The molecule has 3 amide bonds. The Labute approximate surface area is 190 Å². The molecular weight excluding hydrogens is 428 g/mol. The lowest BCUT2D eigenvalue weighted by atomic mass is 10.0. The molecule has 160 valence electrons. The van der Waals surface area contributed by atoms with E-state index in [0.717, 1.165) is 16.7 Å². The van der Waals surface area contributed by atoms with Crippen LogP contribution in [0.1, 0.15) is 16.7 Å². The smallest absolute Gasteiger partial charge is 0.497 e. The molecule has 2 heterocycles. The summed E-state index contributed by atoms with van der Waals surface area (Å²) in [5, 5.41) is 0.620. The maximum atomic E-state index is 13.6. The summed E-state index contributed by atoms with van der Waals surface area (Å²) >= 11 is 6.03. The van der Waals surface area contributed by atoms with Gasteiger partial charge in [0.2, 0.25) is 0 Å². The lowest BCUT2D eigenvalue weighted by Gasteiger charge is -2.24. The van der Waals surface area contributed by atoms with Gasteiger partial charge < -0.3 is 9.47 Å². The Kier molecular flexibility index (Phi) is 5.15. The number of halogens is 1. The number of amides is 3. The fourth-order valence-electron chi connectivity index (χ4n) is 4.03. The van der Waals surface area contributed by atoms with Gasteiger partial charge in [0.25, 0.3) is 6.10 Å². The molecule has 0 aliphatic carbocycles. The van der Waals surface area contributed by atoms with Crippen LogP contribution in [-0.2, 0) is 17.9 Å². The fraction of sp³-hybridized carbons (Fsp3) is 0.160. The van der Waals surface area contributed by atoms with Crippen LogP contribution in [-0.4, -0.2) is 40.3 Å². The third kappa shape index (κ3) is 3.52. The van der Waals surface area contributed by atoms with E-state index in [0.29, 0.717) is 28.8 Å². The van der Waals surface area contributed by atoms with Crippen molar-refractivity contribution in [2.24, 2.45) is 0 Å². The number of benzene rings is 3. The van der Waals surface area contributed by atoms with E-state index in [1.807, 2.05) is 48.5 Å². The van der Waals surface area contributed by atoms with E-state index in [2.05, 4.69) is 0 Å². The molecule has 0 radical (unpaired) electrons. The number of rotatable bonds is 5. The fourth-order valence-corrected chi connectivity index (χ4v) is 4.15. The van der Waals surface area contributed by atoms with Gasteiger partial charge in [-0.05, 0) is 47.5 Å². The highest BCUT2D eigenvalue weighted by Gasteiger charge is 2.53. The maximum absolute atomic E-state index is 13.6. The van der Waals surface area contributed by atoms with Gasteiger partial charge in [-0.1, -0.05) is 48.0 Å². The van der Waals surface area contributed by atoms with Crippen molar-refractivity contribution >= 4 is 29.3 Å². The SMILES string of the molecule is COc1ccc(CN2C(=O)C3Oc4ccccc4C3=[N+](Cc3ccc(Cl)cc3)C2=O)cc1. The van der Waals surface area contributed by atoms with Crippen molar-refractivity contribution in [1.29, 1.82) is 0 Å². The lowest BCUT2D eigenvalue weighted by molar-refractivity contribution is -0.457. The number of nitrogens with zero attached hydrogens (tertiary/aromatic N) is 2. The first kappa shape index (κ1) is 20.3. The summed E-state index contributed by atoms with van der Waals surface area (Å²) in [4.78, 5) is 28.2. The number of methoxy groups -OCH3 is 1. The Morgan fingerprint density at radius 2 is 1.66 bits per heavy atom. The highest BCUT2D eigenvalue weighted by Crippen LogP contribution is 2.33. The molecule has 0 bridgehead atoms. The highest BCUT2D eigenvalue weighted by atomic mass is 35.5. The Morgan fingerprint density at radius 1 is 0.969 bits per heavy atom. The minimum absolute atomic E-state index is 0.141. The van der Waals surface area contributed by atoms with Crippen LogP contribution in [0.25, 0.3) is 0 Å². The average molecular weight is 448 g/mol. The number of imide groups is 1. The van der Waals surface area contributed by atoms with Gasteiger partial charge in [0.05, 0.1) is 12.7 Å². The molecule has 32 heavy (non-hydrogen) atoms. The van der Waals surface area contributed by atoms with Gasteiger partial charge in [-0.25, -0.2) is 4.79 Å². The van der Waals surface area contributed by atoms with Crippen LogP contribution in [0.4, 0.5) is 4.79 Å². The second-order valence-corrected chi connectivity index (χ2v) is 8.08. The summed E-state index contributed by atoms with van der Waals surface area (Å²) in [6, 6.07) is 21.6. The van der Waals surface area contributed by atoms with Gasteiger partial charge in [-0.15, -0.1) is 0 Å². The summed E-state index contributed by atoms with van der Waals surface area (Å²) in [5.41, 5.74) is 3.06. The first-order valence-electron chi connectivity index (χ1n) is 10.2. The molecular formula is C25H20ClN2O4+. The first-order chi connectivity index (χ1) is 15.5. The number of para-hydroxylation sites is 1. The van der Waals surface area contributed by atoms with Crippen LogP contribution in [0.15, 0.2) is 72.8 Å². The van der Waals surface area contributed by atoms with Crippen LogP contribution >= 0.6 is 11.6 Å². The van der Waals surface area contributed by atoms with Crippen molar-refractivity contribution in [3.8, 4) is 11.5 Å². The second-order valence-electron chi connectivity index (χ2n) is 7.65. The molecule has 0 fully saturated rings. The topological polar surface area (TPSA) is 58.8 Å². The standard InChI is InChI=1S/C25H20ClN2O4/c1-31-19-12-8-17(9-13-19)15-28-24(29)23-22(20-4-2-3-5-21(20)32-23)27(25(28)30)14-16-6-10-18(26)11-7-16/h2-13,23H,14-15H2,1H3/q+1. The Bertz CT molecular complexity index is 1240. The molecule has 3 aromatic carbocycles. The van der Waals surface area contributed by atoms with Crippen molar-refractivity contribution in [3.63, 3.8) is 0 Å². The van der Waals surface area contributed by atoms with Crippen LogP contribution in [0.3, 0.4) is 0 Å². The minimum atomic E-state index is -0.865. The van der Waals surface area contributed by atoms with E-state index in [-0.39, 0.29) is 18.5 Å². The summed E-state index contributed by atoms with van der Waals surface area (Å²) in [6.07, 6.45) is -0.865. The van der Waals surface area contributed by atoms with E-state index >= 15 is 0 Å². The zero-order chi connectivity index (χ0) is 22.2. The number of hydrogen-bond donors (Lipinski definition) is 0. The summed E-state index contributed by atoms with van der Waals surface area (Å²) in [5.74, 6) is 0.935. The molecule has 6 nitrogen and oxygen atoms in total. The van der Waals surface area contributed by atoms with Gasteiger partial charge in [-0.3, -0.25) is 0 Å². The van der Waals surface area contributed by atoms with Crippen LogP contribution in [0.2, 0.25) is 5.02 Å². The molecule has 0 saturated carbocycles. The largest absolute Gasteiger partial charge is 0.501 e. The predicted octanol–water partition coefficient (Wildman–Crippen LogP) is 4.27. The Balaban J connectivity index is 1.55. The molecule has 3 aromatic rings. The van der Waals surface area contributed by atoms with Crippen LogP contribution < -0.4 is 9.47 Å². The number of fused-ring (bicyclic) bond motifs is 3. The Hall–Kier alpha value is -3.64. The average Bonchev–Trinajstić information content (AvgIpc) is 3.21. The first-order valence-corrected chi connectivity index (χ1v) is 10.6. The van der Waals surface area contributed by atoms with Crippen LogP contribution in [0, 0.1) is 0 Å². The van der Waals surface area contributed by atoms with Gasteiger partial charge in [0, 0.05) is 5.02 Å². The van der Waals surface area contributed by atoms with Gasteiger partial charge in [0.1, 0.15) is 24.6 Å². The number of urea groups is 1. The highest BCUT2D eigenvalue weighted by molar-refractivity contribution is 6.30. The molecule has 0 N–H and O–H groups in total. The number of ether oxygens (including phenoxy) is 2. The van der Waals surface area contributed by atoms with Crippen molar-refractivity contribution in [2.45, 2.75) is 19.2 Å². The molecule has 1 unspecified atom stereocenters. The number of carbonyl (C=O) groups excluding carboxylic acids is 2. The summed E-state index contributed by atoms with van der Waals surface area (Å²) in [7, 11) is 1.59. The molecule has 5 rings (SSSR count). The Morgan fingerprint density at radius 3 is 2.38 bits per heavy atom. The summed E-state index contributed by atoms with van der Waals surface area (Å²) in [6.45, 7) is 0.439. The minimum Gasteiger partial charge on any atom is -0.497 e.